The van der Waals surface area contributed by atoms with Gasteiger partial charge in [-0.25, -0.2) is 8.78 Å². The first-order valence-electron chi connectivity index (χ1n) is 11.6. The Balaban J connectivity index is 1.56. The zero-order valence-electron chi connectivity index (χ0n) is 19.3. The Morgan fingerprint density at radius 3 is 2.62 bits per heavy atom. The van der Waals surface area contributed by atoms with Gasteiger partial charge >= 0.3 is 0 Å². The molecule has 9 nitrogen and oxygen atoms in total. The molecule has 2 heterocycles. The quantitative estimate of drug-likeness (QED) is 0.392. The Labute approximate surface area is 196 Å². The second-order valence-corrected chi connectivity index (χ2v) is 9.33. The summed E-state index contributed by atoms with van der Waals surface area (Å²) < 4.78 is 45.4. The lowest BCUT2D eigenvalue weighted by atomic mass is 9.74. The van der Waals surface area contributed by atoms with Crippen molar-refractivity contribution in [3.63, 3.8) is 0 Å². The average Bonchev–Trinajstić information content (AvgIpc) is 2.78. The lowest BCUT2D eigenvalue weighted by Crippen LogP contribution is -2.77. The highest BCUT2D eigenvalue weighted by Crippen LogP contribution is 2.43. The van der Waals surface area contributed by atoms with Gasteiger partial charge in [-0.2, -0.15) is 0 Å². The largest absolute Gasteiger partial charge is 0.391 e. The summed E-state index contributed by atoms with van der Waals surface area (Å²) in [5.41, 5.74) is -0.124. The molecule has 2 saturated heterocycles. The van der Waals surface area contributed by atoms with Crippen LogP contribution in [0.2, 0.25) is 0 Å². The maximum atomic E-state index is 14.0. The van der Waals surface area contributed by atoms with Crippen LogP contribution in [-0.2, 0) is 25.4 Å². The Morgan fingerprint density at radius 2 is 1.94 bits per heavy atom. The third-order valence-electron chi connectivity index (χ3n) is 7.15. The van der Waals surface area contributed by atoms with Gasteiger partial charge in [0.1, 0.15) is 12.2 Å². The highest BCUT2D eigenvalue weighted by atomic mass is 19.2. The molecule has 10 atom stereocenters. The molecular formula is C23H32F2N2O7. The number of aliphatic hydroxyl groups is 3. The number of fused-ring (bicyclic) bond motifs is 2. The van der Waals surface area contributed by atoms with Gasteiger partial charge in [0.05, 0.1) is 36.8 Å². The molecular weight excluding hydrogens is 454 g/mol. The van der Waals surface area contributed by atoms with Gasteiger partial charge in [0.2, 0.25) is 18.0 Å². The Hall–Kier alpha value is -1.73. The first kappa shape index (κ1) is 25.4. The van der Waals surface area contributed by atoms with E-state index in [9.17, 15) is 28.9 Å². The minimum atomic E-state index is -2.14. The number of aliphatic hydroxyl groups excluding tert-OH is 2. The predicted octanol–water partition coefficient (Wildman–Crippen LogP) is -0.0508. The Bertz CT molecular complexity index is 908. The molecule has 190 valence electrons. The van der Waals surface area contributed by atoms with Gasteiger partial charge in [-0.1, -0.05) is 19.1 Å². The molecule has 0 bridgehead atoms. The van der Waals surface area contributed by atoms with E-state index in [0.717, 1.165) is 6.07 Å². The molecule has 1 aliphatic carbocycles. The van der Waals surface area contributed by atoms with E-state index in [-0.39, 0.29) is 12.0 Å². The van der Waals surface area contributed by atoms with Gasteiger partial charge in [-0.15, -0.1) is 0 Å². The third-order valence-corrected chi connectivity index (χ3v) is 7.15. The summed E-state index contributed by atoms with van der Waals surface area (Å²) in [6.07, 6.45) is -5.45. The normalized spacial score (nSPS) is 41.9. The number of carbonyl (C=O) groups is 1. The Kier molecular flexibility index (Phi) is 7.26. The van der Waals surface area contributed by atoms with Crippen molar-refractivity contribution < 1.29 is 43.1 Å². The predicted molar refractivity (Wildman–Crippen MR) is 114 cm³/mol. The summed E-state index contributed by atoms with van der Waals surface area (Å²) in [5.74, 6) is -5.44. The smallest absolute Gasteiger partial charge is 0.239 e. The molecule has 1 saturated carbocycles. The van der Waals surface area contributed by atoms with Gasteiger partial charge in [-0.05, 0) is 32.9 Å². The van der Waals surface area contributed by atoms with E-state index < -0.39 is 84.6 Å². The van der Waals surface area contributed by atoms with Gasteiger partial charge in [0, 0.05) is 11.5 Å². The summed E-state index contributed by atoms with van der Waals surface area (Å²) >= 11 is 0. The van der Waals surface area contributed by atoms with Crippen molar-refractivity contribution in [3.8, 4) is 0 Å². The molecule has 1 amide bonds. The van der Waals surface area contributed by atoms with Crippen molar-refractivity contribution in [1.82, 2.24) is 10.6 Å². The molecule has 0 radical (unpaired) electrons. The molecule has 11 heteroatoms. The molecule has 3 fully saturated rings. The fraction of sp³-hybridized carbons (Fsp3) is 0.696. The van der Waals surface area contributed by atoms with Crippen LogP contribution in [0, 0.1) is 17.6 Å². The number of likely N-dealkylation sites (N-methyl/N-ethyl adjacent to an activating group) is 1. The minimum Gasteiger partial charge on any atom is -0.391 e. The number of ether oxygens (including phenoxy) is 3. The monoisotopic (exact) mass is 486 g/mol. The fourth-order valence-electron chi connectivity index (χ4n) is 5.34. The first-order valence-corrected chi connectivity index (χ1v) is 11.6. The van der Waals surface area contributed by atoms with E-state index in [0.29, 0.717) is 6.42 Å². The summed E-state index contributed by atoms with van der Waals surface area (Å²) in [7, 11) is 1.63. The van der Waals surface area contributed by atoms with E-state index in [4.69, 9.17) is 14.2 Å². The summed E-state index contributed by atoms with van der Waals surface area (Å²) in [5, 5.41) is 38.8. The molecule has 34 heavy (non-hydrogen) atoms. The van der Waals surface area contributed by atoms with Crippen molar-refractivity contribution >= 4 is 5.91 Å². The lowest BCUT2D eigenvalue weighted by Gasteiger charge is -2.58. The number of halogens is 2. The number of nitrogens with one attached hydrogen (secondary N) is 2. The molecule has 1 aromatic carbocycles. The van der Waals surface area contributed by atoms with E-state index in [2.05, 4.69) is 10.6 Å². The number of rotatable bonds is 5. The highest BCUT2D eigenvalue weighted by molar-refractivity contribution is 5.79. The van der Waals surface area contributed by atoms with Crippen LogP contribution in [0.5, 0.6) is 0 Å². The standard InChI is InChI=1S/C23H32F2N2O7/c1-4-12-18(29)17(26-3)20-21(19(12)30)33-22-23(31,34-20)14(8-10(2)32-22)27-15(28)9-11-6-5-7-13(24)16(11)25/h5-7,10,12,14,17-22,26,29-31H,4,8-9H2,1-3H3,(H,27,28)/t10-,12-,14-,17+,18+,19+,20?,21?,22?,23+/m1/s1. The van der Waals surface area contributed by atoms with Crippen LogP contribution in [-0.4, -0.2) is 83.0 Å². The van der Waals surface area contributed by atoms with Gasteiger partial charge in [0.15, 0.2) is 11.6 Å². The van der Waals surface area contributed by atoms with Crippen molar-refractivity contribution in [3.05, 3.63) is 35.4 Å². The van der Waals surface area contributed by atoms with Crippen molar-refractivity contribution in [1.29, 1.82) is 0 Å². The molecule has 3 aliphatic rings. The van der Waals surface area contributed by atoms with Crippen LogP contribution >= 0.6 is 0 Å². The molecule has 2 aliphatic heterocycles. The fourth-order valence-corrected chi connectivity index (χ4v) is 5.34. The number of hydrogen-bond donors (Lipinski definition) is 5. The van der Waals surface area contributed by atoms with Crippen LogP contribution in [0.3, 0.4) is 0 Å². The number of amides is 1. The van der Waals surface area contributed by atoms with Crippen molar-refractivity contribution in [2.75, 3.05) is 7.05 Å². The maximum absolute atomic E-state index is 14.0. The third kappa shape index (κ3) is 4.34. The highest BCUT2D eigenvalue weighted by Gasteiger charge is 2.63. The summed E-state index contributed by atoms with van der Waals surface area (Å²) in [6, 6.07) is 1.89. The lowest BCUT2D eigenvalue weighted by molar-refractivity contribution is -0.450. The van der Waals surface area contributed by atoms with Crippen molar-refractivity contribution in [2.45, 2.75) is 87.8 Å². The molecule has 4 rings (SSSR count). The molecule has 1 aromatic rings. The van der Waals surface area contributed by atoms with Crippen LogP contribution in [0.1, 0.15) is 32.3 Å². The maximum Gasteiger partial charge on any atom is 0.239 e. The van der Waals surface area contributed by atoms with Crippen LogP contribution < -0.4 is 10.6 Å². The number of hydrogen-bond acceptors (Lipinski definition) is 8. The zero-order chi connectivity index (χ0) is 24.8. The summed E-state index contributed by atoms with van der Waals surface area (Å²) in [4.78, 5) is 12.7. The average molecular weight is 487 g/mol. The SMILES string of the molecule is CC[C@@H]1[C@H](O)[C@H](NC)C2O[C@]3(O)C(OC2[C@H]1O)O[C@H](C)C[C@H]3NC(=O)Cc1cccc(F)c1F. The minimum absolute atomic E-state index is 0.124. The van der Waals surface area contributed by atoms with E-state index in [1.165, 1.54) is 12.1 Å². The molecule has 0 aromatic heterocycles. The molecule has 5 N–H and O–H groups in total. The van der Waals surface area contributed by atoms with Gasteiger partial charge < -0.3 is 40.2 Å². The van der Waals surface area contributed by atoms with Crippen molar-refractivity contribution in [2.24, 2.45) is 5.92 Å². The topological polar surface area (TPSA) is 130 Å². The van der Waals surface area contributed by atoms with E-state index in [1.54, 1.807) is 14.0 Å². The van der Waals surface area contributed by atoms with Crippen LogP contribution in [0.15, 0.2) is 18.2 Å². The second kappa shape index (κ2) is 9.73. The first-order chi connectivity index (χ1) is 16.1. The summed E-state index contributed by atoms with van der Waals surface area (Å²) in [6.45, 7) is 3.57. The van der Waals surface area contributed by atoms with Crippen LogP contribution in [0.4, 0.5) is 8.78 Å². The van der Waals surface area contributed by atoms with Gasteiger partial charge in [0.25, 0.3) is 0 Å². The molecule has 0 spiro atoms. The number of carbonyl (C=O) groups excluding carboxylic acids is 1. The van der Waals surface area contributed by atoms with Crippen LogP contribution in [0.25, 0.3) is 0 Å². The van der Waals surface area contributed by atoms with E-state index in [1.807, 2.05) is 6.92 Å². The number of benzene rings is 1. The molecule has 3 unspecified atom stereocenters. The van der Waals surface area contributed by atoms with Gasteiger partial charge in [-0.3, -0.25) is 4.79 Å². The Morgan fingerprint density at radius 1 is 1.21 bits per heavy atom. The van der Waals surface area contributed by atoms with E-state index >= 15 is 0 Å². The second-order valence-electron chi connectivity index (χ2n) is 9.33. The zero-order valence-corrected chi connectivity index (χ0v) is 19.3.